The van der Waals surface area contributed by atoms with Crippen LogP contribution in [0.3, 0.4) is 0 Å². The summed E-state index contributed by atoms with van der Waals surface area (Å²) >= 11 is 0. The van der Waals surface area contributed by atoms with E-state index < -0.39 is 0 Å². The zero-order valence-corrected chi connectivity index (χ0v) is 13.0. The van der Waals surface area contributed by atoms with Crippen LogP contribution in [-0.4, -0.2) is 17.0 Å². The van der Waals surface area contributed by atoms with E-state index in [1.165, 1.54) is 4.57 Å². The second-order valence-electron chi connectivity index (χ2n) is 5.35. The Bertz CT molecular complexity index is 898. The number of amides is 1. The molecule has 0 aliphatic carbocycles. The standard InChI is InChI=1S/C19H18N2O2/c1-2-12-20-18(22)17-13-14-8-6-7-11-16(14)19(23)21(17)15-9-4-3-5-10-15/h3-11,13H,2,12H2,1H3,(H,20,22). The highest BCUT2D eigenvalue weighted by molar-refractivity contribution is 5.97. The molecule has 0 radical (unpaired) electrons. The molecule has 3 rings (SSSR count). The maximum absolute atomic E-state index is 12.9. The summed E-state index contributed by atoms with van der Waals surface area (Å²) in [4.78, 5) is 25.4. The summed E-state index contributed by atoms with van der Waals surface area (Å²) in [5.41, 5.74) is 0.856. The van der Waals surface area contributed by atoms with Crippen LogP contribution in [0.1, 0.15) is 23.8 Å². The van der Waals surface area contributed by atoms with E-state index in [2.05, 4.69) is 5.32 Å². The molecule has 4 heteroatoms. The van der Waals surface area contributed by atoms with Crippen molar-refractivity contribution in [1.29, 1.82) is 0 Å². The van der Waals surface area contributed by atoms with Crippen molar-refractivity contribution in [1.82, 2.24) is 9.88 Å². The summed E-state index contributed by atoms with van der Waals surface area (Å²) in [7, 11) is 0. The number of hydrogen-bond donors (Lipinski definition) is 1. The fraction of sp³-hybridized carbons (Fsp3) is 0.158. The molecule has 1 N–H and O–H groups in total. The van der Waals surface area contributed by atoms with Gasteiger partial charge in [-0.15, -0.1) is 0 Å². The molecule has 1 aromatic heterocycles. The van der Waals surface area contributed by atoms with Crippen molar-refractivity contribution in [2.45, 2.75) is 13.3 Å². The number of pyridine rings is 1. The number of nitrogens with one attached hydrogen (secondary N) is 1. The smallest absolute Gasteiger partial charge is 0.268 e. The summed E-state index contributed by atoms with van der Waals surface area (Å²) in [6, 6.07) is 18.3. The minimum Gasteiger partial charge on any atom is -0.351 e. The van der Waals surface area contributed by atoms with Crippen LogP contribution < -0.4 is 10.9 Å². The first kappa shape index (κ1) is 15.0. The number of carbonyl (C=O) groups excluding carboxylic acids is 1. The third kappa shape index (κ3) is 2.88. The third-order valence-corrected chi connectivity index (χ3v) is 3.71. The number of benzene rings is 2. The molecule has 0 bridgehead atoms. The SMILES string of the molecule is CCCNC(=O)c1cc2ccccc2c(=O)n1-c1ccccc1. The Morgan fingerprint density at radius 1 is 1.04 bits per heavy atom. The first-order chi connectivity index (χ1) is 11.2. The fourth-order valence-electron chi connectivity index (χ4n) is 2.59. The Balaban J connectivity index is 2.28. The topological polar surface area (TPSA) is 51.1 Å². The van der Waals surface area contributed by atoms with Crippen molar-refractivity contribution < 1.29 is 4.79 Å². The van der Waals surface area contributed by atoms with E-state index in [0.29, 0.717) is 23.3 Å². The molecule has 3 aromatic rings. The van der Waals surface area contributed by atoms with Gasteiger partial charge in [0.1, 0.15) is 5.69 Å². The highest BCUT2D eigenvalue weighted by atomic mass is 16.2. The molecule has 0 saturated heterocycles. The van der Waals surface area contributed by atoms with Gasteiger partial charge >= 0.3 is 0 Å². The van der Waals surface area contributed by atoms with Crippen molar-refractivity contribution in [3.05, 3.63) is 76.7 Å². The molecule has 1 amide bonds. The highest BCUT2D eigenvalue weighted by Crippen LogP contribution is 2.16. The lowest BCUT2D eigenvalue weighted by Crippen LogP contribution is -2.32. The second-order valence-corrected chi connectivity index (χ2v) is 5.35. The molecule has 116 valence electrons. The molecule has 0 aliphatic rings. The van der Waals surface area contributed by atoms with Crippen LogP contribution in [-0.2, 0) is 0 Å². The zero-order chi connectivity index (χ0) is 16.2. The van der Waals surface area contributed by atoms with Crippen molar-refractivity contribution in [2.24, 2.45) is 0 Å². The normalized spacial score (nSPS) is 10.7. The van der Waals surface area contributed by atoms with Crippen LogP contribution in [0.15, 0.2) is 65.5 Å². The lowest BCUT2D eigenvalue weighted by Gasteiger charge is -2.14. The Kier molecular flexibility index (Phi) is 4.24. The average molecular weight is 306 g/mol. The van der Waals surface area contributed by atoms with Crippen molar-refractivity contribution in [3.8, 4) is 5.69 Å². The molecule has 4 nitrogen and oxygen atoms in total. The first-order valence-electron chi connectivity index (χ1n) is 7.71. The van der Waals surface area contributed by atoms with Crippen LogP contribution >= 0.6 is 0 Å². The molecule has 1 heterocycles. The van der Waals surface area contributed by atoms with Gasteiger partial charge in [-0.2, -0.15) is 0 Å². The van der Waals surface area contributed by atoms with E-state index in [9.17, 15) is 9.59 Å². The van der Waals surface area contributed by atoms with Crippen LogP contribution in [0.4, 0.5) is 0 Å². The summed E-state index contributed by atoms with van der Waals surface area (Å²) in [6.45, 7) is 2.57. The van der Waals surface area contributed by atoms with Gasteiger partial charge in [-0.05, 0) is 36.1 Å². The molecule has 0 fully saturated rings. The molecule has 0 atom stereocenters. The number of para-hydroxylation sites is 1. The number of fused-ring (bicyclic) bond motifs is 1. The summed E-state index contributed by atoms with van der Waals surface area (Å²) in [5.74, 6) is -0.237. The lowest BCUT2D eigenvalue weighted by atomic mass is 10.1. The molecule has 2 aromatic carbocycles. The van der Waals surface area contributed by atoms with Gasteiger partial charge in [0, 0.05) is 17.6 Å². The molecule has 0 spiro atoms. The van der Waals surface area contributed by atoms with Crippen molar-refractivity contribution in [2.75, 3.05) is 6.54 Å². The van der Waals surface area contributed by atoms with Gasteiger partial charge in [-0.1, -0.05) is 43.3 Å². The Labute approximate surface area is 134 Å². The number of rotatable bonds is 4. The van der Waals surface area contributed by atoms with Crippen LogP contribution in [0.2, 0.25) is 0 Å². The van der Waals surface area contributed by atoms with Gasteiger partial charge in [0.25, 0.3) is 11.5 Å². The molecular formula is C19H18N2O2. The van der Waals surface area contributed by atoms with Gasteiger partial charge in [0.05, 0.1) is 0 Å². The van der Waals surface area contributed by atoms with Gasteiger partial charge in [0.2, 0.25) is 0 Å². The maximum atomic E-state index is 12.9. The quantitative estimate of drug-likeness (QED) is 0.805. The molecule has 23 heavy (non-hydrogen) atoms. The van der Waals surface area contributed by atoms with E-state index in [0.717, 1.165) is 11.8 Å². The maximum Gasteiger partial charge on any atom is 0.268 e. The first-order valence-corrected chi connectivity index (χ1v) is 7.71. The van der Waals surface area contributed by atoms with Crippen LogP contribution in [0, 0.1) is 0 Å². The molecular weight excluding hydrogens is 288 g/mol. The Morgan fingerprint density at radius 3 is 2.48 bits per heavy atom. The van der Waals surface area contributed by atoms with E-state index in [1.54, 1.807) is 12.1 Å². The number of nitrogens with zero attached hydrogens (tertiary/aromatic N) is 1. The molecule has 0 saturated carbocycles. The van der Waals surface area contributed by atoms with E-state index >= 15 is 0 Å². The van der Waals surface area contributed by atoms with E-state index in [1.807, 2.05) is 55.5 Å². The summed E-state index contributed by atoms with van der Waals surface area (Å²) in [6.07, 6.45) is 0.842. The van der Waals surface area contributed by atoms with Crippen molar-refractivity contribution in [3.63, 3.8) is 0 Å². The van der Waals surface area contributed by atoms with Crippen LogP contribution in [0.5, 0.6) is 0 Å². The minimum atomic E-state index is -0.237. The monoisotopic (exact) mass is 306 g/mol. The summed E-state index contributed by atoms with van der Waals surface area (Å²) < 4.78 is 1.48. The zero-order valence-electron chi connectivity index (χ0n) is 13.0. The molecule has 0 unspecified atom stereocenters. The third-order valence-electron chi connectivity index (χ3n) is 3.71. The average Bonchev–Trinajstić information content (AvgIpc) is 2.60. The summed E-state index contributed by atoms with van der Waals surface area (Å²) in [5, 5.41) is 4.22. The van der Waals surface area contributed by atoms with Gasteiger partial charge in [-0.3, -0.25) is 14.2 Å². The lowest BCUT2D eigenvalue weighted by molar-refractivity contribution is 0.0946. The Morgan fingerprint density at radius 2 is 1.74 bits per heavy atom. The Hall–Kier alpha value is -2.88. The van der Waals surface area contributed by atoms with Gasteiger partial charge in [-0.25, -0.2) is 0 Å². The minimum absolute atomic E-state index is 0.184. The number of aromatic nitrogens is 1. The van der Waals surface area contributed by atoms with Crippen molar-refractivity contribution >= 4 is 16.7 Å². The second kappa shape index (κ2) is 6.48. The highest BCUT2D eigenvalue weighted by Gasteiger charge is 2.16. The fourth-order valence-corrected chi connectivity index (χ4v) is 2.59. The van der Waals surface area contributed by atoms with Crippen LogP contribution in [0.25, 0.3) is 16.5 Å². The predicted octanol–water partition coefficient (Wildman–Crippen LogP) is 3.13. The number of hydrogen-bond acceptors (Lipinski definition) is 2. The molecule has 0 aliphatic heterocycles. The predicted molar refractivity (Wildman–Crippen MR) is 92.2 cm³/mol. The van der Waals surface area contributed by atoms with Gasteiger partial charge < -0.3 is 5.32 Å². The van der Waals surface area contributed by atoms with E-state index in [-0.39, 0.29) is 11.5 Å². The van der Waals surface area contributed by atoms with Gasteiger partial charge in [0.15, 0.2) is 0 Å². The largest absolute Gasteiger partial charge is 0.351 e. The number of carbonyl (C=O) groups is 1. The van der Waals surface area contributed by atoms with E-state index in [4.69, 9.17) is 0 Å².